The van der Waals surface area contributed by atoms with Gasteiger partial charge in [0.25, 0.3) is 0 Å². The zero-order valence-corrected chi connectivity index (χ0v) is 11.7. The Labute approximate surface area is 124 Å². The van der Waals surface area contributed by atoms with Crippen molar-refractivity contribution in [1.29, 1.82) is 5.26 Å². The van der Waals surface area contributed by atoms with E-state index in [-0.39, 0.29) is 5.97 Å². The van der Waals surface area contributed by atoms with Crippen LogP contribution in [-0.2, 0) is 11.2 Å². The minimum Gasteiger partial charge on any atom is -0.465 e. The summed E-state index contributed by atoms with van der Waals surface area (Å²) in [4.78, 5) is 11.7. The molecule has 2 aromatic rings. The SMILES string of the molecule is COC(=O)c1ccccc1CC=Cc1cccc(C#N)c1. The third kappa shape index (κ3) is 3.80. The minimum atomic E-state index is -0.328. The predicted octanol–water partition coefficient (Wildman–Crippen LogP) is 3.60. The fourth-order valence-corrected chi connectivity index (χ4v) is 2.04. The first-order valence-electron chi connectivity index (χ1n) is 6.57. The first-order valence-corrected chi connectivity index (χ1v) is 6.57. The summed E-state index contributed by atoms with van der Waals surface area (Å²) in [5, 5.41) is 8.86. The molecule has 0 radical (unpaired) electrons. The molecular formula is C18H15NO2. The summed E-state index contributed by atoms with van der Waals surface area (Å²) in [6, 6.07) is 16.9. The molecule has 0 atom stereocenters. The lowest BCUT2D eigenvalue weighted by Crippen LogP contribution is -2.04. The number of nitriles is 1. The maximum atomic E-state index is 11.7. The average molecular weight is 277 g/mol. The molecule has 0 aliphatic rings. The van der Waals surface area contributed by atoms with E-state index in [0.717, 1.165) is 11.1 Å². The lowest BCUT2D eigenvalue weighted by molar-refractivity contribution is 0.0599. The molecule has 0 saturated heterocycles. The number of hydrogen-bond acceptors (Lipinski definition) is 3. The molecule has 0 aliphatic heterocycles. The summed E-state index contributed by atoms with van der Waals surface area (Å²) in [6.45, 7) is 0. The fourth-order valence-electron chi connectivity index (χ4n) is 2.04. The van der Waals surface area contributed by atoms with Crippen molar-refractivity contribution in [1.82, 2.24) is 0 Å². The first kappa shape index (κ1) is 14.5. The second-order valence-corrected chi connectivity index (χ2v) is 4.49. The molecule has 0 bridgehead atoms. The third-order valence-corrected chi connectivity index (χ3v) is 3.09. The number of carbonyl (C=O) groups is 1. The summed E-state index contributed by atoms with van der Waals surface area (Å²) in [5.74, 6) is -0.328. The monoisotopic (exact) mass is 277 g/mol. The Morgan fingerprint density at radius 3 is 2.81 bits per heavy atom. The molecule has 2 rings (SSSR count). The van der Waals surface area contributed by atoms with Crippen molar-refractivity contribution in [2.75, 3.05) is 7.11 Å². The number of esters is 1. The summed E-state index contributed by atoms with van der Waals surface area (Å²) in [7, 11) is 1.38. The molecule has 0 unspecified atom stereocenters. The van der Waals surface area contributed by atoms with Crippen LogP contribution in [0.2, 0.25) is 0 Å². The van der Waals surface area contributed by atoms with Gasteiger partial charge in [0.2, 0.25) is 0 Å². The first-order chi connectivity index (χ1) is 10.2. The molecule has 3 nitrogen and oxygen atoms in total. The van der Waals surface area contributed by atoms with Crippen molar-refractivity contribution in [3.63, 3.8) is 0 Å². The van der Waals surface area contributed by atoms with Gasteiger partial charge in [-0.25, -0.2) is 4.79 Å². The summed E-state index contributed by atoms with van der Waals surface area (Å²) in [5.41, 5.74) is 3.09. The number of ether oxygens (including phenoxy) is 1. The maximum Gasteiger partial charge on any atom is 0.338 e. The van der Waals surface area contributed by atoms with Gasteiger partial charge < -0.3 is 4.74 Å². The van der Waals surface area contributed by atoms with Gasteiger partial charge in [-0.2, -0.15) is 5.26 Å². The van der Waals surface area contributed by atoms with Crippen molar-refractivity contribution in [2.45, 2.75) is 6.42 Å². The van der Waals surface area contributed by atoms with E-state index in [4.69, 9.17) is 10.00 Å². The number of allylic oxidation sites excluding steroid dienone is 1. The molecule has 0 aliphatic carbocycles. The quantitative estimate of drug-likeness (QED) is 0.802. The van der Waals surface area contributed by atoms with Gasteiger partial charge in [-0.05, 0) is 35.7 Å². The Morgan fingerprint density at radius 2 is 2.05 bits per heavy atom. The molecule has 2 aromatic carbocycles. The Kier molecular flexibility index (Phi) is 4.89. The summed E-state index contributed by atoms with van der Waals surface area (Å²) < 4.78 is 4.77. The number of hydrogen-bond donors (Lipinski definition) is 0. The van der Waals surface area contributed by atoms with Crippen LogP contribution in [0.25, 0.3) is 6.08 Å². The zero-order valence-electron chi connectivity index (χ0n) is 11.7. The minimum absolute atomic E-state index is 0.328. The molecule has 0 N–H and O–H groups in total. The van der Waals surface area contributed by atoms with E-state index in [1.54, 1.807) is 12.1 Å². The Morgan fingerprint density at radius 1 is 1.24 bits per heavy atom. The second-order valence-electron chi connectivity index (χ2n) is 4.49. The van der Waals surface area contributed by atoms with Gasteiger partial charge in [0, 0.05) is 0 Å². The van der Waals surface area contributed by atoms with Crippen LogP contribution in [0.1, 0.15) is 27.0 Å². The van der Waals surface area contributed by atoms with Crippen molar-refractivity contribution in [2.24, 2.45) is 0 Å². The van der Waals surface area contributed by atoms with Gasteiger partial charge in [0.05, 0.1) is 24.3 Å². The topological polar surface area (TPSA) is 50.1 Å². The largest absolute Gasteiger partial charge is 0.465 e. The van der Waals surface area contributed by atoms with Crippen LogP contribution in [-0.4, -0.2) is 13.1 Å². The number of nitrogens with zero attached hydrogens (tertiary/aromatic N) is 1. The van der Waals surface area contributed by atoms with Gasteiger partial charge in [0.1, 0.15) is 0 Å². The number of carbonyl (C=O) groups excluding carboxylic acids is 1. The van der Waals surface area contributed by atoms with Crippen LogP contribution in [0, 0.1) is 11.3 Å². The molecule has 104 valence electrons. The highest BCUT2D eigenvalue weighted by Crippen LogP contribution is 2.13. The van der Waals surface area contributed by atoms with E-state index in [2.05, 4.69) is 6.07 Å². The molecule has 0 spiro atoms. The lowest BCUT2D eigenvalue weighted by atomic mass is 10.0. The normalized spacial score (nSPS) is 10.3. The zero-order chi connectivity index (χ0) is 15.1. The van der Waals surface area contributed by atoms with Gasteiger partial charge in [-0.1, -0.05) is 42.5 Å². The van der Waals surface area contributed by atoms with Crippen LogP contribution in [0.15, 0.2) is 54.6 Å². The van der Waals surface area contributed by atoms with Crippen molar-refractivity contribution in [3.05, 3.63) is 76.9 Å². The van der Waals surface area contributed by atoms with Crippen LogP contribution in [0.4, 0.5) is 0 Å². The Bertz CT molecular complexity index is 711. The Balaban J connectivity index is 2.14. The number of benzene rings is 2. The van der Waals surface area contributed by atoms with E-state index in [1.165, 1.54) is 7.11 Å². The van der Waals surface area contributed by atoms with Crippen LogP contribution in [0.5, 0.6) is 0 Å². The van der Waals surface area contributed by atoms with E-state index in [1.807, 2.05) is 48.6 Å². The van der Waals surface area contributed by atoms with E-state index >= 15 is 0 Å². The number of methoxy groups -OCH3 is 1. The van der Waals surface area contributed by atoms with Gasteiger partial charge in [-0.15, -0.1) is 0 Å². The summed E-state index contributed by atoms with van der Waals surface area (Å²) in [6.07, 6.45) is 4.54. The fraction of sp³-hybridized carbons (Fsp3) is 0.111. The smallest absolute Gasteiger partial charge is 0.338 e. The Hall–Kier alpha value is -2.86. The lowest BCUT2D eigenvalue weighted by Gasteiger charge is -2.05. The van der Waals surface area contributed by atoms with E-state index in [9.17, 15) is 4.79 Å². The highest BCUT2D eigenvalue weighted by atomic mass is 16.5. The maximum absolute atomic E-state index is 11.7. The van der Waals surface area contributed by atoms with Gasteiger partial charge in [-0.3, -0.25) is 0 Å². The van der Waals surface area contributed by atoms with Crippen LogP contribution < -0.4 is 0 Å². The van der Waals surface area contributed by atoms with Gasteiger partial charge >= 0.3 is 5.97 Å². The second kappa shape index (κ2) is 7.06. The van der Waals surface area contributed by atoms with Gasteiger partial charge in [0.15, 0.2) is 0 Å². The van der Waals surface area contributed by atoms with Crippen molar-refractivity contribution < 1.29 is 9.53 Å². The van der Waals surface area contributed by atoms with E-state index in [0.29, 0.717) is 17.5 Å². The highest BCUT2D eigenvalue weighted by molar-refractivity contribution is 5.91. The molecule has 0 aromatic heterocycles. The van der Waals surface area contributed by atoms with Crippen LogP contribution in [0.3, 0.4) is 0 Å². The van der Waals surface area contributed by atoms with Crippen LogP contribution >= 0.6 is 0 Å². The predicted molar refractivity (Wildman–Crippen MR) is 81.7 cm³/mol. The average Bonchev–Trinajstić information content (AvgIpc) is 2.55. The number of rotatable bonds is 4. The van der Waals surface area contributed by atoms with E-state index < -0.39 is 0 Å². The van der Waals surface area contributed by atoms with Crippen molar-refractivity contribution >= 4 is 12.0 Å². The molecule has 0 heterocycles. The molecule has 3 heteroatoms. The molecular weight excluding hydrogens is 262 g/mol. The molecule has 0 fully saturated rings. The highest BCUT2D eigenvalue weighted by Gasteiger charge is 2.09. The molecule has 0 amide bonds. The van der Waals surface area contributed by atoms with Crippen molar-refractivity contribution in [3.8, 4) is 6.07 Å². The summed E-state index contributed by atoms with van der Waals surface area (Å²) >= 11 is 0. The third-order valence-electron chi connectivity index (χ3n) is 3.09. The molecule has 0 saturated carbocycles. The standard InChI is InChI=1S/C18H15NO2/c1-21-18(20)17-11-3-2-9-16(17)10-5-7-14-6-4-8-15(12-14)13-19/h2-9,11-12H,10H2,1H3. The molecule has 21 heavy (non-hydrogen) atoms.